The van der Waals surface area contributed by atoms with E-state index >= 15 is 0 Å². The molecule has 1 aromatic heterocycles. The number of aliphatic hydroxyl groups is 1. The molecule has 1 N–H and O–H groups in total. The monoisotopic (exact) mass is 242 g/mol. The first-order valence-corrected chi connectivity index (χ1v) is 6.60. The van der Waals surface area contributed by atoms with Crippen LogP contribution in [0.4, 0.5) is 0 Å². The van der Waals surface area contributed by atoms with Gasteiger partial charge in [0.2, 0.25) is 0 Å². The van der Waals surface area contributed by atoms with Gasteiger partial charge in [0.1, 0.15) is 6.10 Å². The van der Waals surface area contributed by atoms with Crippen molar-refractivity contribution in [2.24, 2.45) is 0 Å². The molecule has 0 amide bonds. The molecular formula is C15H18N2O. The maximum atomic E-state index is 10.6. The normalized spacial score (nSPS) is 16.8. The van der Waals surface area contributed by atoms with Crippen molar-refractivity contribution in [2.75, 3.05) is 0 Å². The molecule has 1 unspecified atom stereocenters. The van der Waals surface area contributed by atoms with Crippen LogP contribution in [-0.2, 0) is 6.54 Å². The summed E-state index contributed by atoms with van der Waals surface area (Å²) < 4.78 is 1.86. The molecule has 3 heteroatoms. The number of hydrogen-bond acceptors (Lipinski definition) is 2. The van der Waals surface area contributed by atoms with Crippen molar-refractivity contribution in [1.29, 1.82) is 0 Å². The molecular weight excluding hydrogens is 224 g/mol. The Bertz CT molecular complexity index is 543. The lowest BCUT2D eigenvalue weighted by Gasteiger charge is -2.16. The van der Waals surface area contributed by atoms with E-state index in [0.29, 0.717) is 5.92 Å². The first-order valence-electron chi connectivity index (χ1n) is 6.60. The highest BCUT2D eigenvalue weighted by Crippen LogP contribution is 2.43. The van der Waals surface area contributed by atoms with Crippen molar-refractivity contribution in [3.8, 4) is 0 Å². The van der Waals surface area contributed by atoms with E-state index in [1.54, 1.807) is 6.20 Å². The second-order valence-corrected chi connectivity index (χ2v) is 4.88. The third kappa shape index (κ3) is 1.95. The Balaban J connectivity index is 1.99. The van der Waals surface area contributed by atoms with Gasteiger partial charge in [0, 0.05) is 12.7 Å². The zero-order valence-electron chi connectivity index (χ0n) is 10.6. The van der Waals surface area contributed by atoms with Gasteiger partial charge in [0.25, 0.3) is 0 Å². The summed E-state index contributed by atoms with van der Waals surface area (Å²) in [5.74, 6) is 0.647. The van der Waals surface area contributed by atoms with E-state index in [1.165, 1.54) is 18.4 Å². The Morgan fingerprint density at radius 3 is 2.83 bits per heavy atom. The number of aromatic nitrogens is 2. The molecule has 3 nitrogen and oxygen atoms in total. The molecule has 1 aliphatic carbocycles. The molecule has 0 radical (unpaired) electrons. The summed E-state index contributed by atoms with van der Waals surface area (Å²) in [6, 6.07) is 10.1. The standard InChI is InChI=1S/C15H18N2O/c1-2-17-14(9-10-16-17)15(18)13-6-4-3-5-12(13)11-7-8-11/h3-6,9-11,15,18H,2,7-8H2,1H3. The van der Waals surface area contributed by atoms with Gasteiger partial charge in [0.05, 0.1) is 5.69 Å². The first-order chi connectivity index (χ1) is 8.81. The Hall–Kier alpha value is -1.61. The summed E-state index contributed by atoms with van der Waals surface area (Å²) >= 11 is 0. The molecule has 0 aliphatic heterocycles. The molecule has 1 aromatic carbocycles. The van der Waals surface area contributed by atoms with E-state index in [-0.39, 0.29) is 0 Å². The van der Waals surface area contributed by atoms with E-state index < -0.39 is 6.10 Å². The number of aryl methyl sites for hydroxylation is 1. The summed E-state index contributed by atoms with van der Waals surface area (Å²) in [5, 5.41) is 14.8. The fourth-order valence-electron chi connectivity index (χ4n) is 2.52. The fraction of sp³-hybridized carbons (Fsp3) is 0.400. The SMILES string of the molecule is CCn1nccc1C(O)c1ccccc1C1CC1. The van der Waals surface area contributed by atoms with Gasteiger partial charge in [-0.25, -0.2) is 0 Å². The predicted octanol–water partition coefficient (Wildman–Crippen LogP) is 2.86. The summed E-state index contributed by atoms with van der Waals surface area (Å²) in [4.78, 5) is 0. The molecule has 94 valence electrons. The number of aliphatic hydroxyl groups excluding tert-OH is 1. The first kappa shape index (κ1) is 11.5. The van der Waals surface area contributed by atoms with E-state index in [9.17, 15) is 5.11 Å². The average molecular weight is 242 g/mol. The van der Waals surface area contributed by atoms with Crippen LogP contribution >= 0.6 is 0 Å². The molecule has 2 aromatic rings. The average Bonchev–Trinajstić information content (AvgIpc) is 3.15. The van der Waals surface area contributed by atoms with E-state index in [4.69, 9.17) is 0 Å². The van der Waals surface area contributed by atoms with Crippen LogP contribution in [0.1, 0.15) is 48.6 Å². The van der Waals surface area contributed by atoms with Crippen LogP contribution in [0, 0.1) is 0 Å². The van der Waals surface area contributed by atoms with Crippen molar-refractivity contribution in [1.82, 2.24) is 9.78 Å². The minimum Gasteiger partial charge on any atom is -0.382 e. The number of nitrogens with zero attached hydrogens (tertiary/aromatic N) is 2. The molecule has 1 fully saturated rings. The van der Waals surface area contributed by atoms with Gasteiger partial charge in [-0.2, -0.15) is 5.10 Å². The molecule has 1 saturated carbocycles. The van der Waals surface area contributed by atoms with Crippen LogP contribution in [0.5, 0.6) is 0 Å². The zero-order chi connectivity index (χ0) is 12.5. The van der Waals surface area contributed by atoms with Crippen LogP contribution in [-0.4, -0.2) is 14.9 Å². The second kappa shape index (κ2) is 4.58. The maximum Gasteiger partial charge on any atom is 0.121 e. The molecule has 0 spiro atoms. The number of benzene rings is 1. The van der Waals surface area contributed by atoms with E-state index in [1.807, 2.05) is 29.8 Å². The lowest BCUT2D eigenvalue weighted by Crippen LogP contribution is -2.10. The van der Waals surface area contributed by atoms with Crippen LogP contribution in [0.15, 0.2) is 36.5 Å². The van der Waals surface area contributed by atoms with Crippen molar-refractivity contribution in [3.05, 3.63) is 53.3 Å². The molecule has 3 rings (SSSR count). The van der Waals surface area contributed by atoms with Gasteiger partial charge < -0.3 is 5.11 Å². The Kier molecular flexibility index (Phi) is 2.92. The van der Waals surface area contributed by atoms with Crippen LogP contribution in [0.2, 0.25) is 0 Å². The largest absolute Gasteiger partial charge is 0.382 e. The van der Waals surface area contributed by atoms with Crippen molar-refractivity contribution < 1.29 is 5.11 Å². The highest BCUT2D eigenvalue weighted by molar-refractivity contribution is 5.38. The Morgan fingerprint density at radius 1 is 1.33 bits per heavy atom. The van der Waals surface area contributed by atoms with Gasteiger partial charge in [-0.1, -0.05) is 24.3 Å². The highest BCUT2D eigenvalue weighted by atomic mass is 16.3. The lowest BCUT2D eigenvalue weighted by molar-refractivity contribution is 0.207. The molecule has 0 bridgehead atoms. The van der Waals surface area contributed by atoms with Crippen LogP contribution in [0.3, 0.4) is 0 Å². The van der Waals surface area contributed by atoms with Crippen LogP contribution in [0.25, 0.3) is 0 Å². The van der Waals surface area contributed by atoms with Crippen molar-refractivity contribution >= 4 is 0 Å². The minimum absolute atomic E-state index is 0.566. The zero-order valence-corrected chi connectivity index (χ0v) is 10.6. The summed E-state index contributed by atoms with van der Waals surface area (Å²) in [6.45, 7) is 2.82. The van der Waals surface area contributed by atoms with Gasteiger partial charge in [-0.15, -0.1) is 0 Å². The summed E-state index contributed by atoms with van der Waals surface area (Å²) in [5.41, 5.74) is 3.22. The third-order valence-corrected chi connectivity index (χ3v) is 3.64. The van der Waals surface area contributed by atoms with Crippen molar-refractivity contribution in [3.63, 3.8) is 0 Å². The van der Waals surface area contributed by atoms with Crippen LogP contribution < -0.4 is 0 Å². The molecule has 1 aliphatic rings. The Labute approximate surface area is 107 Å². The van der Waals surface area contributed by atoms with Gasteiger partial charge in [-0.05, 0) is 42.9 Å². The third-order valence-electron chi connectivity index (χ3n) is 3.64. The van der Waals surface area contributed by atoms with E-state index in [0.717, 1.165) is 17.8 Å². The summed E-state index contributed by atoms with van der Waals surface area (Å²) in [7, 11) is 0. The molecule has 0 saturated heterocycles. The fourth-order valence-corrected chi connectivity index (χ4v) is 2.52. The van der Waals surface area contributed by atoms with Crippen molar-refractivity contribution in [2.45, 2.75) is 38.3 Å². The van der Waals surface area contributed by atoms with Gasteiger partial charge in [0.15, 0.2) is 0 Å². The number of rotatable bonds is 4. The Morgan fingerprint density at radius 2 is 2.11 bits per heavy atom. The van der Waals surface area contributed by atoms with E-state index in [2.05, 4.69) is 17.2 Å². The molecule has 18 heavy (non-hydrogen) atoms. The van der Waals surface area contributed by atoms with Gasteiger partial charge >= 0.3 is 0 Å². The quantitative estimate of drug-likeness (QED) is 0.895. The minimum atomic E-state index is -0.566. The summed E-state index contributed by atoms with van der Waals surface area (Å²) in [6.07, 6.45) is 3.68. The highest BCUT2D eigenvalue weighted by Gasteiger charge is 2.28. The van der Waals surface area contributed by atoms with Gasteiger partial charge in [-0.3, -0.25) is 4.68 Å². The molecule has 1 heterocycles. The smallest absolute Gasteiger partial charge is 0.121 e. The predicted molar refractivity (Wildman–Crippen MR) is 70.4 cm³/mol. The lowest BCUT2D eigenvalue weighted by atomic mass is 9.97. The second-order valence-electron chi connectivity index (χ2n) is 4.88. The molecule has 1 atom stereocenters. The topological polar surface area (TPSA) is 38.0 Å². The number of hydrogen-bond donors (Lipinski definition) is 1. The maximum absolute atomic E-state index is 10.6.